The number of carbonyl (C=O) groups is 2. The smallest absolute Gasteiger partial charge is 0.252 e. The van der Waals surface area contributed by atoms with E-state index in [1.54, 1.807) is 13.8 Å². The van der Waals surface area contributed by atoms with Crippen molar-refractivity contribution in [1.29, 1.82) is 0 Å². The van der Waals surface area contributed by atoms with Crippen LogP contribution in [0.25, 0.3) is 0 Å². The van der Waals surface area contributed by atoms with Crippen molar-refractivity contribution < 1.29 is 9.59 Å². The van der Waals surface area contributed by atoms with Crippen LogP contribution in [0.4, 0.5) is 0 Å². The van der Waals surface area contributed by atoms with Crippen LogP contribution in [0.3, 0.4) is 0 Å². The molecule has 1 rings (SSSR count). The van der Waals surface area contributed by atoms with Gasteiger partial charge in [0, 0.05) is 11.1 Å². The van der Waals surface area contributed by atoms with Crippen LogP contribution < -0.4 is 0 Å². The van der Waals surface area contributed by atoms with Crippen molar-refractivity contribution in [2.45, 2.75) is 13.8 Å². The monoisotopic (exact) mass is 230 g/mol. The van der Waals surface area contributed by atoms with Gasteiger partial charge in [-0.25, -0.2) is 0 Å². The molecule has 0 spiro atoms. The van der Waals surface area contributed by atoms with Gasteiger partial charge in [0.2, 0.25) is 0 Å². The van der Waals surface area contributed by atoms with Gasteiger partial charge in [-0.3, -0.25) is 9.59 Å². The van der Waals surface area contributed by atoms with E-state index in [-0.39, 0.29) is 0 Å². The Morgan fingerprint density at radius 2 is 1.21 bits per heavy atom. The maximum absolute atomic E-state index is 10.9. The van der Waals surface area contributed by atoms with Gasteiger partial charge in [-0.15, -0.1) is 0 Å². The molecule has 0 atom stereocenters. The minimum atomic E-state index is -0.529. The third-order valence-corrected chi connectivity index (χ3v) is 2.62. The molecule has 0 saturated carbocycles. The number of halogens is 2. The first-order valence-corrected chi connectivity index (χ1v) is 4.70. The molecule has 0 saturated heterocycles. The molecule has 0 aliphatic carbocycles. The molecule has 14 heavy (non-hydrogen) atoms. The minimum absolute atomic E-state index is 0.408. The first-order valence-electron chi connectivity index (χ1n) is 3.95. The molecule has 74 valence electrons. The van der Waals surface area contributed by atoms with Crippen LogP contribution in [0, 0.1) is 13.8 Å². The molecular weight excluding hydrogens is 223 g/mol. The van der Waals surface area contributed by atoms with E-state index < -0.39 is 10.5 Å². The summed E-state index contributed by atoms with van der Waals surface area (Å²) in [6.07, 6.45) is 0. The normalized spacial score (nSPS) is 10.0. The zero-order valence-corrected chi connectivity index (χ0v) is 9.24. The second kappa shape index (κ2) is 4.11. The Morgan fingerprint density at radius 1 is 0.929 bits per heavy atom. The van der Waals surface area contributed by atoms with Gasteiger partial charge in [-0.2, -0.15) is 0 Å². The fraction of sp³-hybridized carbons (Fsp3) is 0.200. The maximum Gasteiger partial charge on any atom is 0.252 e. The summed E-state index contributed by atoms with van der Waals surface area (Å²) in [5, 5.41) is -1.06. The highest BCUT2D eigenvalue weighted by atomic mass is 35.5. The molecule has 1 aromatic carbocycles. The van der Waals surface area contributed by atoms with Gasteiger partial charge >= 0.3 is 0 Å². The summed E-state index contributed by atoms with van der Waals surface area (Å²) in [6.45, 7) is 3.46. The van der Waals surface area contributed by atoms with Gasteiger partial charge in [0.15, 0.2) is 0 Å². The fourth-order valence-electron chi connectivity index (χ4n) is 1.25. The topological polar surface area (TPSA) is 34.1 Å². The second-order valence-electron chi connectivity index (χ2n) is 2.96. The summed E-state index contributed by atoms with van der Waals surface area (Å²) in [5.74, 6) is 0. The molecule has 0 amide bonds. The molecule has 0 aliphatic heterocycles. The molecule has 0 N–H and O–H groups in total. The highest BCUT2D eigenvalue weighted by Gasteiger charge is 2.13. The van der Waals surface area contributed by atoms with Crippen LogP contribution in [0.5, 0.6) is 0 Å². The molecule has 2 nitrogen and oxygen atoms in total. The lowest BCUT2D eigenvalue weighted by atomic mass is 9.99. The molecule has 0 bridgehead atoms. The van der Waals surface area contributed by atoms with Gasteiger partial charge in [0.1, 0.15) is 0 Å². The molecular formula is C10H8Cl2O2. The third-order valence-electron chi connectivity index (χ3n) is 2.21. The largest absolute Gasteiger partial charge is 0.276 e. The maximum atomic E-state index is 10.9. The SMILES string of the molecule is Cc1c(C(=O)Cl)ccc(C(=O)Cl)c1C. The minimum Gasteiger partial charge on any atom is -0.276 e. The van der Waals surface area contributed by atoms with Crippen LogP contribution in [0.15, 0.2) is 12.1 Å². The summed E-state index contributed by atoms with van der Waals surface area (Å²) in [7, 11) is 0. The van der Waals surface area contributed by atoms with E-state index in [0.29, 0.717) is 22.3 Å². The van der Waals surface area contributed by atoms with E-state index in [9.17, 15) is 9.59 Å². The van der Waals surface area contributed by atoms with Gasteiger partial charge in [-0.1, -0.05) is 0 Å². The summed E-state index contributed by atoms with van der Waals surface area (Å²) in [4.78, 5) is 21.9. The Hall–Kier alpha value is -0.860. The Bertz CT molecular complexity index is 372. The second-order valence-corrected chi connectivity index (χ2v) is 3.64. The molecule has 0 radical (unpaired) electrons. The standard InChI is InChI=1S/C10H8Cl2O2/c1-5-6(2)8(10(12)14)4-3-7(5)9(11)13/h3-4H,1-2H3. The number of benzene rings is 1. The van der Waals surface area contributed by atoms with Crippen LogP contribution in [0.1, 0.15) is 31.8 Å². The van der Waals surface area contributed by atoms with Crippen molar-refractivity contribution in [2.24, 2.45) is 0 Å². The molecule has 4 heteroatoms. The summed E-state index contributed by atoms with van der Waals surface area (Å²) in [6, 6.07) is 3.01. The average molecular weight is 231 g/mol. The number of rotatable bonds is 2. The van der Waals surface area contributed by atoms with Crippen molar-refractivity contribution in [1.82, 2.24) is 0 Å². The van der Waals surface area contributed by atoms with E-state index in [1.807, 2.05) is 0 Å². The van der Waals surface area contributed by atoms with Gasteiger partial charge < -0.3 is 0 Å². The van der Waals surface area contributed by atoms with Crippen molar-refractivity contribution in [3.05, 3.63) is 34.4 Å². The predicted octanol–water partition coefficient (Wildman–Crippen LogP) is 3.06. The highest BCUT2D eigenvalue weighted by Crippen LogP contribution is 2.20. The quantitative estimate of drug-likeness (QED) is 0.733. The van der Waals surface area contributed by atoms with Gasteiger partial charge in [0.05, 0.1) is 0 Å². The predicted molar refractivity (Wildman–Crippen MR) is 56.3 cm³/mol. The lowest BCUT2D eigenvalue weighted by Gasteiger charge is -2.07. The molecule has 0 aliphatic rings. The third kappa shape index (κ3) is 1.97. The Kier molecular flexibility index (Phi) is 3.29. The first-order chi connectivity index (χ1) is 6.45. The zero-order chi connectivity index (χ0) is 10.9. The van der Waals surface area contributed by atoms with Gasteiger partial charge in [-0.05, 0) is 60.3 Å². The van der Waals surface area contributed by atoms with Crippen LogP contribution in [0.2, 0.25) is 0 Å². The van der Waals surface area contributed by atoms with E-state index in [2.05, 4.69) is 0 Å². The Labute approximate surface area is 91.8 Å². The number of carbonyl (C=O) groups excluding carboxylic acids is 2. The van der Waals surface area contributed by atoms with Crippen molar-refractivity contribution in [3.63, 3.8) is 0 Å². The molecule has 0 unspecified atom stereocenters. The van der Waals surface area contributed by atoms with Crippen molar-refractivity contribution >= 4 is 33.7 Å². The number of hydrogen-bond acceptors (Lipinski definition) is 2. The van der Waals surface area contributed by atoms with E-state index in [4.69, 9.17) is 23.2 Å². The van der Waals surface area contributed by atoms with Crippen LogP contribution >= 0.6 is 23.2 Å². The lowest BCUT2D eigenvalue weighted by molar-refractivity contribution is 0.106. The molecule has 0 heterocycles. The van der Waals surface area contributed by atoms with E-state index in [1.165, 1.54) is 12.1 Å². The highest BCUT2D eigenvalue weighted by molar-refractivity contribution is 6.68. The molecule has 0 aromatic heterocycles. The Morgan fingerprint density at radius 3 is 1.43 bits per heavy atom. The number of hydrogen-bond donors (Lipinski definition) is 0. The van der Waals surface area contributed by atoms with Crippen LogP contribution in [-0.2, 0) is 0 Å². The zero-order valence-electron chi connectivity index (χ0n) is 7.73. The van der Waals surface area contributed by atoms with Crippen molar-refractivity contribution in [3.8, 4) is 0 Å². The first kappa shape index (κ1) is 11.2. The van der Waals surface area contributed by atoms with E-state index >= 15 is 0 Å². The average Bonchev–Trinajstić information content (AvgIpc) is 2.08. The van der Waals surface area contributed by atoms with Crippen molar-refractivity contribution in [2.75, 3.05) is 0 Å². The van der Waals surface area contributed by atoms with Crippen LogP contribution in [-0.4, -0.2) is 10.5 Å². The summed E-state index contributed by atoms with van der Waals surface area (Å²) in [5.41, 5.74) is 2.20. The van der Waals surface area contributed by atoms with E-state index in [0.717, 1.165) is 0 Å². The lowest BCUT2D eigenvalue weighted by Crippen LogP contribution is -2.01. The molecule has 1 aromatic rings. The molecule has 0 fully saturated rings. The van der Waals surface area contributed by atoms with Gasteiger partial charge in [0.25, 0.3) is 10.5 Å². The summed E-state index contributed by atoms with van der Waals surface area (Å²) < 4.78 is 0. The fourth-order valence-corrected chi connectivity index (χ4v) is 1.66. The Balaban J connectivity index is 3.41. The summed E-state index contributed by atoms with van der Waals surface area (Å²) >= 11 is 10.7.